The van der Waals surface area contributed by atoms with E-state index in [-0.39, 0.29) is 18.0 Å². The van der Waals surface area contributed by atoms with Crippen LogP contribution in [0, 0.1) is 0 Å². The first-order valence-corrected chi connectivity index (χ1v) is 12.0. The topological polar surface area (TPSA) is 57.0 Å². The van der Waals surface area contributed by atoms with E-state index in [1.807, 2.05) is 42.2 Å². The lowest BCUT2D eigenvalue weighted by atomic mass is 9.85. The molecule has 0 saturated carbocycles. The van der Waals surface area contributed by atoms with Gasteiger partial charge in [-0.2, -0.15) is 0 Å². The number of carbonyl (C=O) groups excluding carboxylic acids is 2. The number of fused-ring (bicyclic) bond motifs is 2. The molecule has 0 unspecified atom stereocenters. The average Bonchev–Trinajstić information content (AvgIpc) is 3.48. The molecule has 3 heterocycles. The largest absolute Gasteiger partial charge is 0.460 e. The van der Waals surface area contributed by atoms with Crippen LogP contribution in [0.25, 0.3) is 11.0 Å². The highest BCUT2D eigenvalue weighted by atomic mass is 16.3. The van der Waals surface area contributed by atoms with Crippen molar-refractivity contribution in [2.24, 2.45) is 0 Å². The SMILES string of the molecule is CCN1C(=O)N(C2Cc3ccccc3C2)C(=O)C12CCN(Cc1cc3ccccc3o1)CC2. The molecule has 33 heavy (non-hydrogen) atoms. The van der Waals surface area contributed by atoms with Crippen LogP contribution in [0.3, 0.4) is 0 Å². The van der Waals surface area contributed by atoms with Gasteiger partial charge in [0.2, 0.25) is 0 Å². The number of furan rings is 1. The number of carbonyl (C=O) groups is 2. The van der Waals surface area contributed by atoms with Crippen LogP contribution in [0.5, 0.6) is 0 Å². The second-order valence-corrected chi connectivity index (χ2v) is 9.59. The number of amides is 3. The van der Waals surface area contributed by atoms with E-state index >= 15 is 0 Å². The lowest BCUT2D eigenvalue weighted by Crippen LogP contribution is -2.56. The smallest absolute Gasteiger partial charge is 0.327 e. The minimum absolute atomic E-state index is 0.00976. The molecule has 6 nitrogen and oxygen atoms in total. The van der Waals surface area contributed by atoms with E-state index < -0.39 is 5.54 Å². The predicted octanol–water partition coefficient (Wildman–Crippen LogP) is 4.22. The van der Waals surface area contributed by atoms with E-state index in [0.717, 1.165) is 49.2 Å². The number of rotatable bonds is 4. The third-order valence-electron chi connectivity index (χ3n) is 7.82. The molecule has 1 aliphatic carbocycles. The summed E-state index contributed by atoms with van der Waals surface area (Å²) < 4.78 is 6.00. The molecule has 1 aromatic heterocycles. The highest BCUT2D eigenvalue weighted by Crippen LogP contribution is 2.40. The van der Waals surface area contributed by atoms with Crippen LogP contribution in [0.1, 0.15) is 36.7 Å². The molecule has 170 valence electrons. The molecule has 3 aromatic rings. The van der Waals surface area contributed by atoms with Crippen LogP contribution < -0.4 is 0 Å². The second kappa shape index (κ2) is 7.73. The van der Waals surface area contributed by atoms with Crippen LogP contribution >= 0.6 is 0 Å². The maximum absolute atomic E-state index is 13.8. The van der Waals surface area contributed by atoms with Gasteiger partial charge < -0.3 is 9.32 Å². The molecule has 0 N–H and O–H groups in total. The Morgan fingerprint density at radius 3 is 2.30 bits per heavy atom. The van der Waals surface area contributed by atoms with Gasteiger partial charge in [0.15, 0.2) is 0 Å². The number of benzene rings is 2. The molecule has 6 heteroatoms. The first kappa shape index (κ1) is 20.5. The summed E-state index contributed by atoms with van der Waals surface area (Å²) in [5, 5.41) is 1.11. The Kier molecular flexibility index (Phi) is 4.80. The lowest BCUT2D eigenvalue weighted by Gasteiger charge is -2.41. The van der Waals surface area contributed by atoms with Gasteiger partial charge >= 0.3 is 6.03 Å². The number of urea groups is 1. The van der Waals surface area contributed by atoms with Crippen molar-refractivity contribution in [2.45, 2.75) is 50.7 Å². The summed E-state index contributed by atoms with van der Waals surface area (Å²) in [6.45, 7) is 4.81. The number of piperidine rings is 1. The van der Waals surface area contributed by atoms with Crippen molar-refractivity contribution in [3.63, 3.8) is 0 Å². The number of hydrogen-bond acceptors (Lipinski definition) is 4. The standard InChI is InChI=1S/C27H29N3O3/c1-2-29-26(32)30(22-15-19-7-3-4-8-20(19)16-22)25(31)27(29)11-13-28(14-12-27)18-23-17-21-9-5-6-10-24(21)33-23/h3-10,17,22H,2,11-16,18H2,1H3. The van der Waals surface area contributed by atoms with Gasteiger partial charge in [0.05, 0.1) is 6.54 Å². The van der Waals surface area contributed by atoms with Gasteiger partial charge in [-0.3, -0.25) is 14.6 Å². The van der Waals surface area contributed by atoms with E-state index in [1.165, 1.54) is 11.1 Å². The molecule has 2 fully saturated rings. The highest BCUT2D eigenvalue weighted by Gasteiger charge is 2.59. The third-order valence-corrected chi connectivity index (χ3v) is 7.82. The summed E-state index contributed by atoms with van der Waals surface area (Å²) in [6.07, 6.45) is 2.86. The first-order chi connectivity index (χ1) is 16.1. The molecular formula is C27H29N3O3. The van der Waals surface area contributed by atoms with Gasteiger partial charge in [0, 0.05) is 31.1 Å². The summed E-state index contributed by atoms with van der Waals surface area (Å²) in [4.78, 5) is 33.0. The molecular weight excluding hydrogens is 414 g/mol. The minimum Gasteiger partial charge on any atom is -0.460 e. The Balaban J connectivity index is 1.19. The maximum atomic E-state index is 13.8. The van der Waals surface area contributed by atoms with E-state index in [0.29, 0.717) is 19.4 Å². The maximum Gasteiger partial charge on any atom is 0.327 e. The van der Waals surface area contributed by atoms with Crippen molar-refractivity contribution in [3.05, 3.63) is 71.5 Å². The number of likely N-dealkylation sites (N-methyl/N-ethyl adjacent to an activating group) is 1. The van der Waals surface area contributed by atoms with Gasteiger partial charge in [-0.05, 0) is 55.9 Å². The summed E-state index contributed by atoms with van der Waals surface area (Å²) in [5.41, 5.74) is 2.72. The Morgan fingerprint density at radius 2 is 1.64 bits per heavy atom. The number of para-hydroxylation sites is 1. The van der Waals surface area contributed by atoms with Crippen LogP contribution in [0.2, 0.25) is 0 Å². The van der Waals surface area contributed by atoms with Crippen LogP contribution in [-0.4, -0.2) is 57.9 Å². The fourth-order valence-corrected chi connectivity index (χ4v) is 6.12. The van der Waals surface area contributed by atoms with Gasteiger partial charge in [0.1, 0.15) is 16.9 Å². The van der Waals surface area contributed by atoms with Gasteiger partial charge in [-0.1, -0.05) is 42.5 Å². The van der Waals surface area contributed by atoms with Gasteiger partial charge in [-0.25, -0.2) is 4.79 Å². The average molecular weight is 444 g/mol. The minimum atomic E-state index is -0.703. The Hall–Kier alpha value is -3.12. The zero-order chi connectivity index (χ0) is 22.6. The van der Waals surface area contributed by atoms with E-state index in [4.69, 9.17) is 4.42 Å². The van der Waals surface area contributed by atoms with E-state index in [2.05, 4.69) is 29.2 Å². The summed E-state index contributed by atoms with van der Waals surface area (Å²) in [7, 11) is 0. The normalized spacial score (nSPS) is 21.0. The van der Waals surface area contributed by atoms with E-state index in [1.54, 1.807) is 4.90 Å². The van der Waals surface area contributed by atoms with Crippen molar-refractivity contribution in [3.8, 4) is 0 Å². The number of likely N-dealkylation sites (tertiary alicyclic amines) is 1. The van der Waals surface area contributed by atoms with Gasteiger partial charge in [-0.15, -0.1) is 0 Å². The Morgan fingerprint density at radius 1 is 0.970 bits per heavy atom. The molecule has 1 spiro atoms. The van der Waals surface area contributed by atoms with Crippen LogP contribution in [-0.2, 0) is 24.2 Å². The number of imide groups is 1. The van der Waals surface area contributed by atoms with Crippen LogP contribution in [0.4, 0.5) is 4.79 Å². The Bertz CT molecular complexity index is 1170. The molecule has 6 rings (SSSR count). The highest BCUT2D eigenvalue weighted by molar-refractivity contribution is 6.07. The van der Waals surface area contributed by atoms with E-state index in [9.17, 15) is 9.59 Å². The molecule has 0 bridgehead atoms. The van der Waals surface area contributed by atoms with Crippen molar-refractivity contribution in [1.82, 2.24) is 14.7 Å². The summed E-state index contributed by atoms with van der Waals surface area (Å²) >= 11 is 0. The number of nitrogens with zero attached hydrogens (tertiary/aromatic N) is 3. The molecule has 2 aromatic carbocycles. The van der Waals surface area contributed by atoms with Crippen molar-refractivity contribution >= 4 is 22.9 Å². The first-order valence-electron chi connectivity index (χ1n) is 12.0. The molecule has 0 atom stereocenters. The molecule has 2 aliphatic heterocycles. The predicted molar refractivity (Wildman–Crippen MR) is 126 cm³/mol. The van der Waals surface area contributed by atoms with Crippen molar-refractivity contribution in [1.29, 1.82) is 0 Å². The summed E-state index contributed by atoms with van der Waals surface area (Å²) in [6, 6.07) is 18.3. The van der Waals surface area contributed by atoms with Crippen LogP contribution in [0.15, 0.2) is 59.0 Å². The molecule has 0 radical (unpaired) electrons. The lowest BCUT2D eigenvalue weighted by molar-refractivity contribution is -0.137. The fourth-order valence-electron chi connectivity index (χ4n) is 6.12. The monoisotopic (exact) mass is 443 g/mol. The molecule has 3 amide bonds. The quantitative estimate of drug-likeness (QED) is 0.567. The molecule has 2 saturated heterocycles. The second-order valence-electron chi connectivity index (χ2n) is 9.59. The van der Waals surface area contributed by atoms with Gasteiger partial charge in [0.25, 0.3) is 5.91 Å². The Labute approximate surface area is 193 Å². The zero-order valence-corrected chi connectivity index (χ0v) is 19.0. The van der Waals surface area contributed by atoms with Crippen molar-refractivity contribution in [2.75, 3.05) is 19.6 Å². The number of hydrogen-bond donors (Lipinski definition) is 0. The zero-order valence-electron chi connectivity index (χ0n) is 19.0. The fraction of sp³-hybridized carbons (Fsp3) is 0.407. The summed E-state index contributed by atoms with van der Waals surface area (Å²) in [5.74, 6) is 0.953. The van der Waals surface area contributed by atoms with Crippen molar-refractivity contribution < 1.29 is 14.0 Å². The third kappa shape index (κ3) is 3.19. The molecule has 3 aliphatic rings.